The summed E-state index contributed by atoms with van der Waals surface area (Å²) in [6.07, 6.45) is 2.82. The Hall–Kier alpha value is -3.68. The van der Waals surface area contributed by atoms with Gasteiger partial charge in [0.15, 0.2) is 11.5 Å². The molecule has 152 valence electrons. The fraction of sp³-hybridized carbons (Fsp3) is 0.190. The van der Waals surface area contributed by atoms with E-state index in [9.17, 15) is 14.0 Å². The van der Waals surface area contributed by atoms with Crippen LogP contribution in [0.15, 0.2) is 60.2 Å². The third-order valence-electron chi connectivity index (χ3n) is 3.60. The van der Waals surface area contributed by atoms with Gasteiger partial charge < -0.3 is 14.8 Å². The van der Waals surface area contributed by atoms with E-state index in [1.807, 2.05) is 6.92 Å². The zero-order chi connectivity index (χ0) is 21.1. The van der Waals surface area contributed by atoms with Gasteiger partial charge in [-0.2, -0.15) is 5.10 Å². The van der Waals surface area contributed by atoms with Crippen molar-refractivity contribution in [1.29, 1.82) is 0 Å². The highest BCUT2D eigenvalue weighted by Crippen LogP contribution is 2.29. The summed E-state index contributed by atoms with van der Waals surface area (Å²) in [5.41, 5.74) is 3.17. The molecule has 7 nitrogen and oxygen atoms in total. The molecular formula is C21H22FN3O4. The molecule has 0 saturated carbocycles. The van der Waals surface area contributed by atoms with Gasteiger partial charge in [-0.3, -0.25) is 9.59 Å². The molecule has 2 amide bonds. The van der Waals surface area contributed by atoms with Crippen LogP contribution in [0.1, 0.15) is 18.1 Å². The number of carbonyl (C=O) groups excluding carboxylic acids is 2. The Bertz CT molecular complexity index is 899. The van der Waals surface area contributed by atoms with Crippen molar-refractivity contribution in [2.75, 3.05) is 13.2 Å². The summed E-state index contributed by atoms with van der Waals surface area (Å²) in [6, 6.07) is 11.4. The number of benzene rings is 2. The molecule has 0 atom stereocenters. The minimum atomic E-state index is -0.891. The van der Waals surface area contributed by atoms with Crippen LogP contribution in [0.5, 0.6) is 11.5 Å². The van der Waals surface area contributed by atoms with E-state index in [2.05, 4.69) is 22.4 Å². The summed E-state index contributed by atoms with van der Waals surface area (Å²) in [7, 11) is 0. The lowest BCUT2D eigenvalue weighted by Crippen LogP contribution is -2.37. The molecule has 0 spiro atoms. The van der Waals surface area contributed by atoms with E-state index in [-0.39, 0.29) is 19.0 Å². The van der Waals surface area contributed by atoms with E-state index in [1.54, 1.807) is 36.4 Å². The summed E-state index contributed by atoms with van der Waals surface area (Å²) in [5.74, 6) is -1.16. The number of halogens is 1. The third-order valence-corrected chi connectivity index (χ3v) is 3.60. The van der Waals surface area contributed by atoms with Gasteiger partial charge in [0.1, 0.15) is 12.4 Å². The Labute approximate surface area is 168 Å². The first-order valence-electron chi connectivity index (χ1n) is 8.90. The van der Waals surface area contributed by atoms with E-state index in [0.29, 0.717) is 29.2 Å². The number of amides is 2. The number of hydrogen-bond donors (Lipinski definition) is 2. The molecule has 2 aromatic carbocycles. The van der Waals surface area contributed by atoms with Gasteiger partial charge >= 0.3 is 11.8 Å². The van der Waals surface area contributed by atoms with Crippen LogP contribution >= 0.6 is 0 Å². The topological polar surface area (TPSA) is 89.0 Å². The first-order valence-corrected chi connectivity index (χ1v) is 8.90. The van der Waals surface area contributed by atoms with Crippen molar-refractivity contribution in [1.82, 2.24) is 10.7 Å². The van der Waals surface area contributed by atoms with E-state index in [0.717, 1.165) is 0 Å². The quantitative estimate of drug-likeness (QED) is 0.294. The average Bonchev–Trinajstić information content (AvgIpc) is 2.72. The summed E-state index contributed by atoms with van der Waals surface area (Å²) in [5, 5.41) is 6.09. The molecule has 8 heteroatoms. The maximum absolute atomic E-state index is 13.7. The second kappa shape index (κ2) is 11.2. The van der Waals surface area contributed by atoms with Gasteiger partial charge in [-0.1, -0.05) is 24.3 Å². The molecular weight excluding hydrogens is 377 g/mol. The summed E-state index contributed by atoms with van der Waals surface area (Å²) < 4.78 is 25.0. The predicted molar refractivity (Wildman–Crippen MR) is 107 cm³/mol. The number of hydrogen-bond acceptors (Lipinski definition) is 5. The zero-order valence-electron chi connectivity index (χ0n) is 16.0. The van der Waals surface area contributed by atoms with E-state index >= 15 is 0 Å². The second-order valence-corrected chi connectivity index (χ2v) is 5.72. The fourth-order valence-corrected chi connectivity index (χ4v) is 2.22. The van der Waals surface area contributed by atoms with Crippen LogP contribution < -0.4 is 20.2 Å². The van der Waals surface area contributed by atoms with Crippen molar-refractivity contribution < 1.29 is 23.5 Å². The van der Waals surface area contributed by atoms with Gasteiger partial charge in [-0.25, -0.2) is 9.82 Å². The Kier molecular flexibility index (Phi) is 8.37. The van der Waals surface area contributed by atoms with Gasteiger partial charge in [-0.15, -0.1) is 6.58 Å². The smallest absolute Gasteiger partial charge is 0.329 e. The highest BCUT2D eigenvalue weighted by Gasteiger charge is 2.11. The Morgan fingerprint density at radius 2 is 1.93 bits per heavy atom. The molecule has 0 radical (unpaired) electrons. The van der Waals surface area contributed by atoms with Crippen LogP contribution in [0.4, 0.5) is 4.39 Å². The van der Waals surface area contributed by atoms with Crippen molar-refractivity contribution in [3.05, 3.63) is 72.1 Å². The predicted octanol–water partition coefficient (Wildman–Crippen LogP) is 2.56. The highest BCUT2D eigenvalue weighted by atomic mass is 19.1. The van der Waals surface area contributed by atoms with Crippen molar-refractivity contribution in [2.45, 2.75) is 13.5 Å². The molecule has 2 aromatic rings. The van der Waals surface area contributed by atoms with E-state index < -0.39 is 11.8 Å². The molecule has 29 heavy (non-hydrogen) atoms. The number of nitrogens with one attached hydrogen (secondary N) is 2. The third kappa shape index (κ3) is 6.76. The molecule has 0 aliphatic carbocycles. The first kappa shape index (κ1) is 21.6. The molecule has 0 aliphatic heterocycles. The first-order chi connectivity index (χ1) is 14.0. The minimum absolute atomic E-state index is 0.0516. The molecule has 0 heterocycles. The molecule has 0 unspecified atom stereocenters. The lowest BCUT2D eigenvalue weighted by Gasteiger charge is -2.13. The lowest BCUT2D eigenvalue weighted by atomic mass is 10.2. The van der Waals surface area contributed by atoms with Crippen molar-refractivity contribution in [3.8, 4) is 11.5 Å². The number of carbonyl (C=O) groups is 2. The van der Waals surface area contributed by atoms with Crippen LogP contribution in [0.2, 0.25) is 0 Å². The van der Waals surface area contributed by atoms with Gasteiger partial charge in [-0.05, 0) is 36.8 Å². The van der Waals surface area contributed by atoms with Crippen molar-refractivity contribution >= 4 is 18.0 Å². The molecule has 2 rings (SSSR count). The van der Waals surface area contributed by atoms with Crippen molar-refractivity contribution in [3.63, 3.8) is 0 Å². The average molecular weight is 399 g/mol. The molecule has 0 aromatic heterocycles. The Morgan fingerprint density at radius 3 is 2.66 bits per heavy atom. The van der Waals surface area contributed by atoms with Gasteiger partial charge in [0.05, 0.1) is 12.8 Å². The summed E-state index contributed by atoms with van der Waals surface area (Å²) in [4.78, 5) is 23.0. The molecule has 2 N–H and O–H groups in total. The van der Waals surface area contributed by atoms with Crippen molar-refractivity contribution in [2.24, 2.45) is 5.10 Å². The largest absolute Gasteiger partial charge is 0.490 e. The maximum atomic E-state index is 13.7. The number of nitrogens with zero attached hydrogens (tertiary/aromatic N) is 1. The van der Waals surface area contributed by atoms with Gasteiger partial charge in [0, 0.05) is 12.1 Å². The summed E-state index contributed by atoms with van der Waals surface area (Å²) in [6.45, 7) is 5.90. The standard InChI is InChI=1S/C21H22FN3O4/c1-3-11-23-20(26)21(27)25-24-13-15-9-10-18(19(12-15)28-4-2)29-14-16-7-5-6-8-17(16)22/h3,5-10,12-13H,1,4,11,14H2,2H3,(H,23,26)(H,25,27)/b24-13-. The van der Waals surface area contributed by atoms with Crippen LogP contribution in [0.25, 0.3) is 0 Å². The number of hydrazone groups is 1. The Balaban J connectivity index is 2.02. The maximum Gasteiger partial charge on any atom is 0.329 e. The molecule has 0 saturated heterocycles. The number of rotatable bonds is 9. The second-order valence-electron chi connectivity index (χ2n) is 5.72. The number of ether oxygens (including phenoxy) is 2. The van der Waals surface area contributed by atoms with Gasteiger partial charge in [0.25, 0.3) is 0 Å². The monoisotopic (exact) mass is 399 g/mol. The highest BCUT2D eigenvalue weighted by molar-refractivity contribution is 6.35. The van der Waals surface area contributed by atoms with Crippen LogP contribution in [-0.4, -0.2) is 31.2 Å². The zero-order valence-corrected chi connectivity index (χ0v) is 16.0. The molecule has 0 bridgehead atoms. The minimum Gasteiger partial charge on any atom is -0.490 e. The van der Waals surface area contributed by atoms with Crippen LogP contribution in [0.3, 0.4) is 0 Å². The van der Waals surface area contributed by atoms with E-state index in [1.165, 1.54) is 18.4 Å². The Morgan fingerprint density at radius 1 is 1.14 bits per heavy atom. The molecule has 0 aliphatic rings. The van der Waals surface area contributed by atoms with Crippen LogP contribution in [-0.2, 0) is 16.2 Å². The normalized spacial score (nSPS) is 10.4. The van der Waals surface area contributed by atoms with Gasteiger partial charge in [0.2, 0.25) is 0 Å². The lowest BCUT2D eigenvalue weighted by molar-refractivity contribution is -0.139. The SMILES string of the molecule is C=CCNC(=O)C(=O)N/N=C\c1ccc(OCc2ccccc2F)c(OCC)c1. The fourth-order valence-electron chi connectivity index (χ4n) is 2.22. The van der Waals surface area contributed by atoms with E-state index in [4.69, 9.17) is 9.47 Å². The molecule has 0 fully saturated rings. The van der Waals surface area contributed by atoms with Crippen LogP contribution in [0, 0.1) is 5.82 Å². The summed E-state index contributed by atoms with van der Waals surface area (Å²) >= 11 is 0.